The molecule has 1 aliphatic carbocycles. The fourth-order valence-corrected chi connectivity index (χ4v) is 4.42. The largest absolute Gasteiger partial charge is 0.491 e. The van der Waals surface area contributed by atoms with Crippen LogP contribution in [0.25, 0.3) is 0 Å². The Kier molecular flexibility index (Phi) is 8.03. The molecule has 1 saturated carbocycles. The summed E-state index contributed by atoms with van der Waals surface area (Å²) in [4.78, 5) is 28.8. The summed E-state index contributed by atoms with van der Waals surface area (Å²) in [6.07, 6.45) is -10.4. The van der Waals surface area contributed by atoms with Gasteiger partial charge in [-0.25, -0.2) is 14.2 Å². The molecule has 214 valence electrons. The number of aromatic nitrogens is 3. The molecule has 2 N–H and O–H groups in total. The molecule has 2 heterocycles. The average Bonchev–Trinajstić information content (AvgIpc) is 3.38. The molecule has 0 saturated heterocycles. The van der Waals surface area contributed by atoms with Crippen LogP contribution in [0.1, 0.15) is 36.9 Å². The van der Waals surface area contributed by atoms with Crippen LogP contribution in [-0.4, -0.2) is 39.4 Å². The standard InChI is InChI=1S/C25H21F7N4O4/c26-20-16(24(27,28)29)4-2-5-17(20)39-15-7-10-23(11-8-15,21(37)40-22(38)25(30,31)32)13-14-3-1-6-18(34-14)35-19-9-12-33-36-19/h1-6,9,12,15H,7-8,10-11,13H2,(H2,33,34,35,36). The van der Waals surface area contributed by atoms with Crippen LogP contribution < -0.4 is 10.1 Å². The molecule has 40 heavy (non-hydrogen) atoms. The number of hydrogen-bond acceptors (Lipinski definition) is 7. The number of nitrogens with zero attached hydrogens (tertiary/aromatic N) is 2. The first-order chi connectivity index (χ1) is 18.8. The van der Waals surface area contributed by atoms with Crippen molar-refractivity contribution in [3.05, 3.63) is 65.7 Å². The SMILES string of the molecule is O=C(OC(=O)C1(Cc2cccc(Nc3cc[nH]n3)n2)CCC(Oc2cccc(C(F)(F)F)c2F)CC1)C(F)(F)F. The highest BCUT2D eigenvalue weighted by atomic mass is 19.4. The Labute approximate surface area is 221 Å². The summed E-state index contributed by atoms with van der Waals surface area (Å²) in [7, 11) is 0. The third kappa shape index (κ3) is 6.69. The summed E-state index contributed by atoms with van der Waals surface area (Å²) in [6.45, 7) is 0. The Morgan fingerprint density at radius 3 is 2.33 bits per heavy atom. The number of hydrogen-bond donors (Lipinski definition) is 2. The van der Waals surface area contributed by atoms with Crippen molar-refractivity contribution in [1.29, 1.82) is 0 Å². The van der Waals surface area contributed by atoms with Gasteiger partial charge in [0.15, 0.2) is 17.4 Å². The topological polar surface area (TPSA) is 106 Å². The normalized spacial score (nSPS) is 19.6. The summed E-state index contributed by atoms with van der Waals surface area (Å²) < 4.78 is 102. The van der Waals surface area contributed by atoms with E-state index >= 15 is 0 Å². The van der Waals surface area contributed by atoms with Gasteiger partial charge >= 0.3 is 24.3 Å². The molecule has 3 aromatic rings. The van der Waals surface area contributed by atoms with E-state index in [-0.39, 0.29) is 37.8 Å². The lowest BCUT2D eigenvalue weighted by Crippen LogP contribution is -2.43. The van der Waals surface area contributed by atoms with E-state index in [0.717, 1.165) is 12.1 Å². The molecule has 1 fully saturated rings. The third-order valence-corrected chi connectivity index (χ3v) is 6.39. The van der Waals surface area contributed by atoms with Crippen LogP contribution in [0.4, 0.5) is 42.4 Å². The maximum atomic E-state index is 14.4. The molecule has 0 atom stereocenters. The second-order valence-electron chi connectivity index (χ2n) is 9.16. The fourth-order valence-electron chi connectivity index (χ4n) is 4.42. The Morgan fingerprint density at radius 2 is 1.70 bits per heavy atom. The zero-order valence-electron chi connectivity index (χ0n) is 20.4. The van der Waals surface area contributed by atoms with Gasteiger partial charge in [-0.3, -0.25) is 9.89 Å². The van der Waals surface area contributed by atoms with E-state index in [2.05, 4.69) is 25.2 Å². The lowest BCUT2D eigenvalue weighted by atomic mass is 9.70. The van der Waals surface area contributed by atoms with Crippen molar-refractivity contribution in [2.45, 2.75) is 50.6 Å². The minimum absolute atomic E-state index is 0.0593. The van der Waals surface area contributed by atoms with Crippen LogP contribution in [0.2, 0.25) is 0 Å². The maximum absolute atomic E-state index is 14.4. The van der Waals surface area contributed by atoms with Crippen molar-refractivity contribution >= 4 is 23.6 Å². The number of carbonyl (C=O) groups is 2. The van der Waals surface area contributed by atoms with Crippen LogP contribution in [0, 0.1) is 11.2 Å². The summed E-state index contributed by atoms with van der Waals surface area (Å²) in [5.74, 6) is -5.62. The Morgan fingerprint density at radius 1 is 1.00 bits per heavy atom. The van der Waals surface area contributed by atoms with Crippen molar-refractivity contribution < 1.29 is 49.8 Å². The van der Waals surface area contributed by atoms with Crippen molar-refractivity contribution in [2.75, 3.05) is 5.32 Å². The Balaban J connectivity index is 1.54. The molecule has 0 amide bonds. The van der Waals surface area contributed by atoms with Crippen molar-refractivity contribution in [3.8, 4) is 5.75 Å². The number of ether oxygens (including phenoxy) is 2. The molecule has 15 heteroatoms. The van der Waals surface area contributed by atoms with Crippen LogP contribution >= 0.6 is 0 Å². The summed E-state index contributed by atoms with van der Waals surface area (Å²) in [6, 6.07) is 8.87. The third-order valence-electron chi connectivity index (χ3n) is 6.39. The molecule has 1 aliphatic rings. The van der Waals surface area contributed by atoms with Gasteiger partial charge in [0.25, 0.3) is 0 Å². The average molecular weight is 574 g/mol. The number of benzene rings is 1. The smallest absolute Gasteiger partial charge is 0.487 e. The van der Waals surface area contributed by atoms with Crippen molar-refractivity contribution in [3.63, 3.8) is 0 Å². The van der Waals surface area contributed by atoms with Gasteiger partial charge < -0.3 is 14.8 Å². The highest BCUT2D eigenvalue weighted by Crippen LogP contribution is 2.43. The highest BCUT2D eigenvalue weighted by Gasteiger charge is 2.49. The first kappa shape index (κ1) is 28.8. The predicted octanol–water partition coefficient (Wildman–Crippen LogP) is 5.89. The highest BCUT2D eigenvalue weighted by molar-refractivity contribution is 5.91. The number of H-pyrrole nitrogens is 1. The number of anilines is 2. The van der Waals surface area contributed by atoms with E-state index in [0.29, 0.717) is 17.7 Å². The monoisotopic (exact) mass is 574 g/mol. The van der Waals surface area contributed by atoms with Crippen LogP contribution in [0.3, 0.4) is 0 Å². The zero-order valence-corrected chi connectivity index (χ0v) is 20.4. The van der Waals surface area contributed by atoms with E-state index in [1.165, 1.54) is 6.07 Å². The maximum Gasteiger partial charge on any atom is 0.491 e. The molecule has 1 aromatic carbocycles. The van der Waals surface area contributed by atoms with Gasteiger partial charge in [0, 0.05) is 24.4 Å². The Bertz CT molecular complexity index is 1350. The van der Waals surface area contributed by atoms with E-state index < -0.39 is 52.9 Å². The molecular formula is C25H21F7N4O4. The number of carbonyl (C=O) groups excluding carboxylic acids is 2. The fraction of sp³-hybridized carbons (Fsp3) is 0.360. The quantitative estimate of drug-likeness (QED) is 0.206. The van der Waals surface area contributed by atoms with Crippen LogP contribution in [-0.2, 0) is 26.9 Å². The first-order valence-corrected chi connectivity index (χ1v) is 11.9. The number of rotatable bonds is 7. The molecule has 0 spiro atoms. The van der Waals surface area contributed by atoms with Crippen molar-refractivity contribution in [2.24, 2.45) is 5.41 Å². The van der Waals surface area contributed by atoms with Gasteiger partial charge in [0.1, 0.15) is 5.82 Å². The number of pyridine rings is 1. The number of aromatic amines is 1. The van der Waals surface area contributed by atoms with Gasteiger partial charge in [-0.05, 0) is 49.9 Å². The summed E-state index contributed by atoms with van der Waals surface area (Å²) in [5.41, 5.74) is -2.88. The van der Waals surface area contributed by atoms with Gasteiger partial charge in [0.2, 0.25) is 0 Å². The van der Waals surface area contributed by atoms with Gasteiger partial charge in [-0.1, -0.05) is 12.1 Å². The molecule has 8 nitrogen and oxygen atoms in total. The second-order valence-corrected chi connectivity index (χ2v) is 9.16. The molecular weight excluding hydrogens is 553 g/mol. The summed E-state index contributed by atoms with van der Waals surface area (Å²) >= 11 is 0. The minimum atomic E-state index is -5.41. The number of halogens is 7. The number of nitrogens with one attached hydrogen (secondary N) is 2. The molecule has 0 aliphatic heterocycles. The minimum Gasteiger partial charge on any atom is -0.487 e. The van der Waals surface area contributed by atoms with Gasteiger partial charge in [-0.2, -0.15) is 31.4 Å². The number of alkyl halides is 6. The molecule has 0 bridgehead atoms. The lowest BCUT2D eigenvalue weighted by Gasteiger charge is -2.37. The van der Waals surface area contributed by atoms with Gasteiger partial charge in [0.05, 0.1) is 17.1 Å². The molecule has 0 radical (unpaired) electrons. The molecule has 0 unspecified atom stereocenters. The van der Waals surface area contributed by atoms with E-state index in [1.54, 1.807) is 24.4 Å². The molecule has 2 aromatic heterocycles. The Hall–Kier alpha value is -4.17. The number of esters is 2. The molecule has 4 rings (SSSR count). The summed E-state index contributed by atoms with van der Waals surface area (Å²) in [5, 5.41) is 9.43. The van der Waals surface area contributed by atoms with Crippen molar-refractivity contribution in [1.82, 2.24) is 15.2 Å². The van der Waals surface area contributed by atoms with Crippen LogP contribution in [0.5, 0.6) is 5.75 Å². The van der Waals surface area contributed by atoms with E-state index in [1.807, 2.05) is 0 Å². The predicted molar refractivity (Wildman–Crippen MR) is 124 cm³/mol. The first-order valence-electron chi connectivity index (χ1n) is 11.9. The van der Waals surface area contributed by atoms with Crippen LogP contribution in [0.15, 0.2) is 48.7 Å². The zero-order chi connectivity index (χ0) is 29.1. The van der Waals surface area contributed by atoms with E-state index in [4.69, 9.17) is 4.74 Å². The van der Waals surface area contributed by atoms with E-state index in [9.17, 15) is 40.3 Å². The lowest BCUT2D eigenvalue weighted by molar-refractivity contribution is -0.206. The van der Waals surface area contributed by atoms with Gasteiger partial charge in [-0.15, -0.1) is 0 Å². The second kappa shape index (κ2) is 11.1.